The van der Waals surface area contributed by atoms with Crippen molar-refractivity contribution >= 4 is 40.6 Å². The summed E-state index contributed by atoms with van der Waals surface area (Å²) in [6.07, 6.45) is -1.17. The second-order valence-corrected chi connectivity index (χ2v) is 6.74. The number of carbonyl (C=O) groups is 2. The zero-order valence-electron chi connectivity index (χ0n) is 17.5. The van der Waals surface area contributed by atoms with Gasteiger partial charge in [0.05, 0.1) is 42.0 Å². The maximum Gasteiger partial charge on any atom is 0.411 e. The Morgan fingerprint density at radius 2 is 1.63 bits per heavy atom. The lowest BCUT2D eigenvalue weighted by Gasteiger charge is -2.28. The SMILES string of the molecule is CCOC(=O)Nc1cc(NC(=O)OCC)c2c(c1C)NC(C)C(c1ccccc1)=N2. The van der Waals surface area contributed by atoms with Crippen molar-refractivity contribution in [3.05, 3.63) is 47.5 Å². The first-order valence-electron chi connectivity index (χ1n) is 9.90. The summed E-state index contributed by atoms with van der Waals surface area (Å²) in [5.41, 5.74) is 4.85. The molecule has 0 aliphatic carbocycles. The van der Waals surface area contributed by atoms with Crippen molar-refractivity contribution in [1.29, 1.82) is 0 Å². The Hall–Kier alpha value is -3.55. The molecule has 0 saturated heterocycles. The first-order chi connectivity index (χ1) is 14.4. The summed E-state index contributed by atoms with van der Waals surface area (Å²) in [6, 6.07) is 11.4. The van der Waals surface area contributed by atoms with E-state index in [2.05, 4.69) is 16.0 Å². The molecule has 3 N–H and O–H groups in total. The molecule has 0 spiro atoms. The molecular weight excluding hydrogens is 384 g/mol. The van der Waals surface area contributed by atoms with Crippen molar-refractivity contribution in [2.24, 2.45) is 4.99 Å². The number of nitrogens with one attached hydrogen (secondary N) is 3. The van der Waals surface area contributed by atoms with Crippen LogP contribution in [0.4, 0.5) is 32.3 Å². The molecule has 1 atom stereocenters. The van der Waals surface area contributed by atoms with E-state index in [1.54, 1.807) is 19.9 Å². The normalized spacial score (nSPS) is 14.7. The van der Waals surface area contributed by atoms with Gasteiger partial charge in [-0.2, -0.15) is 0 Å². The minimum Gasteiger partial charge on any atom is -0.450 e. The Morgan fingerprint density at radius 1 is 1.03 bits per heavy atom. The van der Waals surface area contributed by atoms with E-state index in [4.69, 9.17) is 14.5 Å². The molecule has 0 radical (unpaired) electrons. The van der Waals surface area contributed by atoms with Gasteiger partial charge in [-0.05, 0) is 44.9 Å². The zero-order chi connectivity index (χ0) is 21.7. The summed E-state index contributed by atoms with van der Waals surface area (Å²) in [5, 5.41) is 8.91. The van der Waals surface area contributed by atoms with Crippen LogP contribution in [-0.2, 0) is 9.47 Å². The fourth-order valence-corrected chi connectivity index (χ4v) is 3.27. The van der Waals surface area contributed by atoms with Crippen LogP contribution in [-0.4, -0.2) is 37.2 Å². The molecule has 1 heterocycles. The predicted octanol–water partition coefficient (Wildman–Crippen LogP) is 5.07. The van der Waals surface area contributed by atoms with Crippen molar-refractivity contribution in [3.8, 4) is 0 Å². The van der Waals surface area contributed by atoms with Crippen molar-refractivity contribution in [2.45, 2.75) is 33.7 Å². The number of benzene rings is 2. The molecule has 0 bridgehead atoms. The molecule has 2 amide bonds. The second kappa shape index (κ2) is 9.30. The Balaban J connectivity index is 2.10. The van der Waals surface area contributed by atoms with Crippen LogP contribution in [0.1, 0.15) is 31.9 Å². The fourth-order valence-electron chi connectivity index (χ4n) is 3.27. The Kier molecular flexibility index (Phi) is 6.56. The second-order valence-electron chi connectivity index (χ2n) is 6.74. The van der Waals surface area contributed by atoms with Crippen molar-refractivity contribution in [2.75, 3.05) is 29.2 Å². The smallest absolute Gasteiger partial charge is 0.411 e. The average Bonchev–Trinajstić information content (AvgIpc) is 2.72. The van der Waals surface area contributed by atoms with E-state index >= 15 is 0 Å². The molecule has 0 fully saturated rings. The van der Waals surface area contributed by atoms with Crippen LogP contribution >= 0.6 is 0 Å². The van der Waals surface area contributed by atoms with Gasteiger partial charge in [0.1, 0.15) is 5.69 Å². The lowest BCUT2D eigenvalue weighted by atomic mass is 9.99. The van der Waals surface area contributed by atoms with Gasteiger partial charge in [-0.3, -0.25) is 10.6 Å². The maximum atomic E-state index is 12.1. The van der Waals surface area contributed by atoms with Gasteiger partial charge in [0.15, 0.2) is 0 Å². The Bertz CT molecular complexity index is 973. The molecule has 1 aliphatic heterocycles. The number of rotatable bonds is 5. The van der Waals surface area contributed by atoms with Gasteiger partial charge in [-0.25, -0.2) is 14.6 Å². The molecule has 0 aromatic heterocycles. The van der Waals surface area contributed by atoms with Gasteiger partial charge in [-0.1, -0.05) is 30.3 Å². The average molecular weight is 410 g/mol. The summed E-state index contributed by atoms with van der Waals surface area (Å²) in [4.78, 5) is 29.0. The molecule has 158 valence electrons. The standard InChI is InChI=1S/C22H26N4O4/c1-5-29-21(27)24-16-12-17(25-22(28)30-6-2)20-18(13(16)3)23-14(4)19(26-20)15-10-8-7-9-11-15/h7-12,14,23H,5-6H2,1-4H3,(H,24,27)(H,25,28). The molecule has 30 heavy (non-hydrogen) atoms. The van der Waals surface area contributed by atoms with E-state index in [-0.39, 0.29) is 19.3 Å². The van der Waals surface area contributed by atoms with E-state index in [1.165, 1.54) is 0 Å². The number of hydrogen-bond donors (Lipinski definition) is 3. The number of aliphatic imine (C=N–C) groups is 1. The monoisotopic (exact) mass is 410 g/mol. The Labute approximate surface area is 175 Å². The number of fused-ring (bicyclic) bond motifs is 1. The minimum absolute atomic E-state index is 0.0770. The lowest BCUT2D eigenvalue weighted by Crippen LogP contribution is -2.30. The van der Waals surface area contributed by atoms with Gasteiger partial charge in [0, 0.05) is 0 Å². The molecule has 2 aromatic rings. The van der Waals surface area contributed by atoms with Crippen LogP contribution in [0, 0.1) is 6.92 Å². The van der Waals surface area contributed by atoms with Crippen LogP contribution in [0.3, 0.4) is 0 Å². The van der Waals surface area contributed by atoms with Gasteiger partial charge >= 0.3 is 12.2 Å². The summed E-state index contributed by atoms with van der Waals surface area (Å²) < 4.78 is 10.0. The number of hydrogen-bond acceptors (Lipinski definition) is 6. The van der Waals surface area contributed by atoms with Crippen LogP contribution in [0.5, 0.6) is 0 Å². The summed E-state index contributed by atoms with van der Waals surface area (Å²) in [7, 11) is 0. The maximum absolute atomic E-state index is 12.1. The molecule has 8 nitrogen and oxygen atoms in total. The van der Waals surface area contributed by atoms with Crippen LogP contribution in [0.15, 0.2) is 41.4 Å². The number of nitrogens with zero attached hydrogens (tertiary/aromatic N) is 1. The molecule has 8 heteroatoms. The highest BCUT2D eigenvalue weighted by molar-refractivity contribution is 6.12. The van der Waals surface area contributed by atoms with E-state index in [0.717, 1.165) is 22.5 Å². The van der Waals surface area contributed by atoms with E-state index in [1.807, 2.05) is 44.2 Å². The number of carbonyl (C=O) groups excluding carboxylic acids is 2. The summed E-state index contributed by atoms with van der Waals surface area (Å²) in [5.74, 6) is 0. The Morgan fingerprint density at radius 3 is 2.23 bits per heavy atom. The summed E-state index contributed by atoms with van der Waals surface area (Å²) >= 11 is 0. The minimum atomic E-state index is -0.597. The van der Waals surface area contributed by atoms with E-state index in [9.17, 15) is 9.59 Å². The third-order valence-electron chi connectivity index (χ3n) is 4.66. The van der Waals surface area contributed by atoms with Gasteiger partial charge < -0.3 is 14.8 Å². The van der Waals surface area contributed by atoms with Crippen LogP contribution in [0.25, 0.3) is 0 Å². The first kappa shape index (κ1) is 21.2. The van der Waals surface area contributed by atoms with E-state index < -0.39 is 12.2 Å². The molecule has 0 saturated carbocycles. The highest BCUT2D eigenvalue weighted by Crippen LogP contribution is 2.44. The van der Waals surface area contributed by atoms with Gasteiger partial charge in [0.25, 0.3) is 0 Å². The van der Waals surface area contributed by atoms with Crippen molar-refractivity contribution in [1.82, 2.24) is 0 Å². The number of amides is 2. The van der Waals surface area contributed by atoms with Gasteiger partial charge in [-0.15, -0.1) is 0 Å². The van der Waals surface area contributed by atoms with Crippen LogP contribution in [0.2, 0.25) is 0 Å². The van der Waals surface area contributed by atoms with Crippen molar-refractivity contribution in [3.63, 3.8) is 0 Å². The predicted molar refractivity (Wildman–Crippen MR) is 118 cm³/mol. The lowest BCUT2D eigenvalue weighted by molar-refractivity contribution is 0.167. The zero-order valence-corrected chi connectivity index (χ0v) is 17.5. The molecule has 1 unspecified atom stereocenters. The molecular formula is C22H26N4O4. The quantitative estimate of drug-likeness (QED) is 0.639. The summed E-state index contributed by atoms with van der Waals surface area (Å²) in [6.45, 7) is 7.84. The third-order valence-corrected chi connectivity index (χ3v) is 4.66. The first-order valence-corrected chi connectivity index (χ1v) is 9.90. The third kappa shape index (κ3) is 4.53. The van der Waals surface area contributed by atoms with Crippen molar-refractivity contribution < 1.29 is 19.1 Å². The highest BCUT2D eigenvalue weighted by Gasteiger charge is 2.26. The number of ether oxygens (including phenoxy) is 2. The molecule has 2 aromatic carbocycles. The van der Waals surface area contributed by atoms with Crippen LogP contribution < -0.4 is 16.0 Å². The van der Waals surface area contributed by atoms with Gasteiger partial charge in [0.2, 0.25) is 0 Å². The van der Waals surface area contributed by atoms with E-state index in [0.29, 0.717) is 17.1 Å². The topological polar surface area (TPSA) is 101 Å². The highest BCUT2D eigenvalue weighted by atomic mass is 16.6. The molecule has 1 aliphatic rings. The fraction of sp³-hybridized carbons (Fsp3) is 0.318. The largest absolute Gasteiger partial charge is 0.450 e. The number of anilines is 3. The molecule has 3 rings (SSSR count).